The fraction of sp³-hybridized carbons (Fsp3) is 1.00. The molecule has 0 radical (unpaired) electrons. The molecular weight excluding hydrogens is 957 g/mol. The van der Waals surface area contributed by atoms with E-state index < -0.39 is 0 Å². The largest absolute Gasteiger partial charge is 0.179 e. The summed E-state index contributed by atoms with van der Waals surface area (Å²) in [5.74, 6) is 3.10. The molecule has 1 heteroatoms. The number of rotatable bonds is 73. The second kappa shape index (κ2) is 73.5. The van der Waals surface area contributed by atoms with Crippen LogP contribution in [0.3, 0.4) is 0 Å². The molecular formula is C77H156S. The Hall–Kier alpha value is 0.350. The van der Waals surface area contributed by atoms with Gasteiger partial charge in [0.15, 0.2) is 0 Å². The van der Waals surface area contributed by atoms with E-state index in [9.17, 15) is 0 Å². The average Bonchev–Trinajstić information content (AvgIpc) is 3.45. The Balaban J connectivity index is 4.75. The lowest BCUT2D eigenvalue weighted by atomic mass is 9.86. The first-order valence-electron chi connectivity index (χ1n) is 38.4. The first-order chi connectivity index (χ1) is 38.8. The normalized spacial score (nSPS) is 12.3. The van der Waals surface area contributed by atoms with E-state index in [0.29, 0.717) is 0 Å². The summed E-state index contributed by atoms with van der Waals surface area (Å²) in [6, 6.07) is 0. The molecule has 0 fully saturated rings. The van der Waals surface area contributed by atoms with Crippen molar-refractivity contribution < 1.29 is 0 Å². The maximum absolute atomic E-state index is 4.36. The third-order valence-electron chi connectivity index (χ3n) is 19.1. The summed E-state index contributed by atoms with van der Waals surface area (Å²) in [5.41, 5.74) is 0. The van der Waals surface area contributed by atoms with Gasteiger partial charge in [-0.15, -0.1) is 0 Å². The molecule has 0 aliphatic carbocycles. The Bertz CT molecular complexity index is 838. The molecule has 0 aliphatic heterocycles. The van der Waals surface area contributed by atoms with E-state index in [4.69, 9.17) is 0 Å². The second-order valence-electron chi connectivity index (χ2n) is 27.1. The average molecular weight is 1110 g/mol. The lowest BCUT2D eigenvalue weighted by Crippen LogP contribution is -2.04. The topological polar surface area (TPSA) is 0 Å². The Morgan fingerprint density at radius 1 is 0.141 bits per heavy atom. The molecule has 0 amide bonds. The van der Waals surface area contributed by atoms with Gasteiger partial charge in [-0.3, -0.25) is 0 Å². The Morgan fingerprint density at radius 3 is 0.372 bits per heavy atom. The zero-order chi connectivity index (χ0) is 56.1. The van der Waals surface area contributed by atoms with E-state index in [-0.39, 0.29) is 0 Å². The molecule has 0 aromatic rings. The van der Waals surface area contributed by atoms with Crippen LogP contribution < -0.4 is 0 Å². The Morgan fingerprint density at radius 2 is 0.244 bits per heavy atom. The molecule has 1 unspecified atom stereocenters. The standard InChI is InChI=1S/C77H156S/c1-4-7-10-13-16-19-22-25-28-32-37-42-47-52-57-62-69-76(70-63-58-53-48-43-38-33-29-26-23-20-17-14-11-8-5-2)73-66-67-74-77(71-64-59-54-49-44-39-34-30-27-24-21-18-15-12-9-6-3)72-65-60-55-50-45-40-35-31-36-41-46-51-56-61-68-75-78/h76-78H,4-75H2,1-3H3. The zero-order valence-electron chi connectivity index (χ0n) is 55.5. The lowest BCUT2D eigenvalue weighted by Gasteiger charge is -2.20. The predicted molar refractivity (Wildman–Crippen MR) is 366 cm³/mol. The molecule has 78 heavy (non-hydrogen) atoms. The van der Waals surface area contributed by atoms with Crippen LogP contribution >= 0.6 is 12.6 Å². The highest BCUT2D eigenvalue weighted by Gasteiger charge is 2.13. The molecule has 0 aliphatic rings. The van der Waals surface area contributed by atoms with E-state index in [1.807, 2.05) is 0 Å². The highest BCUT2D eigenvalue weighted by molar-refractivity contribution is 7.80. The summed E-state index contributed by atoms with van der Waals surface area (Å²) in [6.45, 7) is 6.99. The molecule has 0 saturated heterocycles. The van der Waals surface area contributed by atoms with Crippen LogP contribution in [0.1, 0.15) is 477 Å². The minimum Gasteiger partial charge on any atom is -0.179 e. The molecule has 0 aromatic heterocycles. The molecule has 0 rings (SSSR count). The fourth-order valence-corrected chi connectivity index (χ4v) is 13.7. The Labute approximate surface area is 504 Å². The lowest BCUT2D eigenvalue weighted by molar-refractivity contribution is 0.337. The maximum Gasteiger partial charge on any atom is -0.00979 e. The molecule has 1 atom stereocenters. The minimum atomic E-state index is 1.01. The number of unbranched alkanes of at least 4 members (excludes halogenated alkanes) is 60. The van der Waals surface area contributed by atoms with E-state index in [1.165, 1.54) is 443 Å². The maximum atomic E-state index is 4.36. The van der Waals surface area contributed by atoms with Gasteiger partial charge < -0.3 is 0 Å². The third kappa shape index (κ3) is 68.8. The van der Waals surface area contributed by atoms with Gasteiger partial charge in [0.05, 0.1) is 0 Å². The molecule has 0 aromatic carbocycles. The van der Waals surface area contributed by atoms with Crippen molar-refractivity contribution in [1.29, 1.82) is 0 Å². The summed E-state index contributed by atoms with van der Waals surface area (Å²) in [5, 5.41) is 0. The number of thiol groups is 1. The van der Waals surface area contributed by atoms with Gasteiger partial charge in [-0.2, -0.15) is 12.6 Å². The van der Waals surface area contributed by atoms with Crippen LogP contribution in [0.25, 0.3) is 0 Å². The molecule has 0 nitrogen and oxygen atoms in total. The van der Waals surface area contributed by atoms with Gasteiger partial charge in [0.25, 0.3) is 0 Å². The monoisotopic (exact) mass is 1110 g/mol. The summed E-state index contributed by atoms with van der Waals surface area (Å²) in [4.78, 5) is 0. The van der Waals surface area contributed by atoms with E-state index in [0.717, 1.165) is 17.6 Å². The summed E-state index contributed by atoms with van der Waals surface area (Å²) in [6.07, 6.45) is 105. The molecule has 0 spiro atoms. The van der Waals surface area contributed by atoms with E-state index in [2.05, 4.69) is 33.4 Å². The van der Waals surface area contributed by atoms with E-state index >= 15 is 0 Å². The zero-order valence-corrected chi connectivity index (χ0v) is 56.4. The number of hydrogen-bond acceptors (Lipinski definition) is 1. The van der Waals surface area contributed by atoms with Gasteiger partial charge in [-0.1, -0.05) is 470 Å². The molecule has 0 bridgehead atoms. The van der Waals surface area contributed by atoms with Crippen LogP contribution in [0, 0.1) is 11.8 Å². The second-order valence-corrected chi connectivity index (χ2v) is 27.6. The van der Waals surface area contributed by atoms with Crippen molar-refractivity contribution in [2.45, 2.75) is 477 Å². The quantitative estimate of drug-likeness (QED) is 0.0455. The molecule has 0 N–H and O–H groups in total. The van der Waals surface area contributed by atoms with Crippen LogP contribution in [0.5, 0.6) is 0 Å². The van der Waals surface area contributed by atoms with Gasteiger partial charge in [0.2, 0.25) is 0 Å². The number of hydrogen-bond donors (Lipinski definition) is 1. The first-order valence-corrected chi connectivity index (χ1v) is 39.0. The third-order valence-corrected chi connectivity index (χ3v) is 19.5. The first kappa shape index (κ1) is 78.4. The predicted octanol–water partition coefficient (Wildman–Crippen LogP) is 29.9. The van der Waals surface area contributed by atoms with Crippen molar-refractivity contribution in [3.05, 3.63) is 0 Å². The van der Waals surface area contributed by atoms with Gasteiger partial charge in [-0.25, -0.2) is 0 Å². The van der Waals surface area contributed by atoms with Crippen molar-refractivity contribution in [3.63, 3.8) is 0 Å². The summed E-state index contributed by atoms with van der Waals surface area (Å²) < 4.78 is 0. The molecule has 0 saturated carbocycles. The van der Waals surface area contributed by atoms with E-state index in [1.54, 1.807) is 12.8 Å². The van der Waals surface area contributed by atoms with Crippen molar-refractivity contribution in [3.8, 4) is 0 Å². The highest BCUT2D eigenvalue weighted by atomic mass is 32.1. The van der Waals surface area contributed by atoms with Gasteiger partial charge in [-0.05, 0) is 24.0 Å². The Kier molecular flexibility index (Phi) is 73.8. The molecule has 0 heterocycles. The SMILES string of the molecule is CCCCCCCCCCCCCCCCCCC(CCCCCCCCCCCCCCCCCC)CCCCC(CCCCCCCCCCCCCCCCCC)CCCCCCCCCCCCCCCCCS. The molecule has 470 valence electrons. The minimum absolute atomic E-state index is 1.01. The van der Waals surface area contributed by atoms with Crippen molar-refractivity contribution in [2.75, 3.05) is 5.75 Å². The summed E-state index contributed by atoms with van der Waals surface area (Å²) in [7, 11) is 0. The van der Waals surface area contributed by atoms with Gasteiger partial charge >= 0.3 is 0 Å². The van der Waals surface area contributed by atoms with Crippen LogP contribution in [-0.2, 0) is 0 Å². The fourth-order valence-electron chi connectivity index (χ4n) is 13.5. The summed E-state index contributed by atoms with van der Waals surface area (Å²) >= 11 is 4.36. The van der Waals surface area contributed by atoms with Crippen molar-refractivity contribution in [2.24, 2.45) is 11.8 Å². The van der Waals surface area contributed by atoms with Crippen LogP contribution in [0.15, 0.2) is 0 Å². The van der Waals surface area contributed by atoms with Crippen molar-refractivity contribution in [1.82, 2.24) is 0 Å². The smallest absolute Gasteiger partial charge is 0.00979 e. The van der Waals surface area contributed by atoms with Crippen LogP contribution in [0.2, 0.25) is 0 Å². The van der Waals surface area contributed by atoms with Crippen LogP contribution in [-0.4, -0.2) is 5.75 Å². The van der Waals surface area contributed by atoms with Crippen LogP contribution in [0.4, 0.5) is 0 Å². The van der Waals surface area contributed by atoms with Crippen molar-refractivity contribution >= 4 is 12.6 Å². The highest BCUT2D eigenvalue weighted by Crippen LogP contribution is 2.29. The van der Waals surface area contributed by atoms with Gasteiger partial charge in [0.1, 0.15) is 0 Å². The van der Waals surface area contributed by atoms with Gasteiger partial charge in [0, 0.05) is 0 Å².